The fourth-order valence-electron chi connectivity index (χ4n) is 3.99. The molecule has 0 amide bonds. The van der Waals surface area contributed by atoms with Gasteiger partial charge in [-0.1, -0.05) is 36.4 Å². The number of carbonyl (C=O) groups excluding carboxylic acids is 1. The maximum atomic E-state index is 13.3. The van der Waals surface area contributed by atoms with Crippen LogP contribution in [-0.4, -0.2) is 30.4 Å². The van der Waals surface area contributed by atoms with Gasteiger partial charge in [0.25, 0.3) is 0 Å². The molecule has 0 atom stereocenters. The summed E-state index contributed by atoms with van der Waals surface area (Å²) in [5.41, 5.74) is 10.1. The molecule has 6 nitrogen and oxygen atoms in total. The molecule has 3 aromatic rings. The second-order valence-electron chi connectivity index (χ2n) is 8.68. The number of nitrogens with two attached hydrogens (primary N) is 1. The first-order valence-electron chi connectivity index (χ1n) is 10.5. The Hall–Kier alpha value is -3.67. The van der Waals surface area contributed by atoms with Crippen molar-refractivity contribution in [3.63, 3.8) is 0 Å². The normalized spacial score (nSPS) is 14.0. The van der Waals surface area contributed by atoms with E-state index < -0.39 is 11.6 Å². The SMILES string of the molecule is COc1cc2cc3n(c2cc1OC)CC=C(c1ccccc1)C(C(=O)OC(C)(C)C)=C3N. The summed E-state index contributed by atoms with van der Waals surface area (Å²) < 4.78 is 18.8. The second-order valence-corrected chi connectivity index (χ2v) is 8.68. The number of ether oxygens (including phenoxy) is 3. The number of hydrogen-bond acceptors (Lipinski definition) is 5. The average Bonchev–Trinajstić information content (AvgIpc) is 3.04. The quantitative estimate of drug-likeness (QED) is 0.601. The highest BCUT2D eigenvalue weighted by Gasteiger charge is 2.29. The molecule has 1 aliphatic rings. The van der Waals surface area contributed by atoms with Gasteiger partial charge < -0.3 is 24.5 Å². The molecular formula is C26H28N2O4. The van der Waals surface area contributed by atoms with Crippen LogP contribution in [0.25, 0.3) is 22.2 Å². The lowest BCUT2D eigenvalue weighted by molar-refractivity contribution is -0.149. The van der Waals surface area contributed by atoms with Crippen LogP contribution in [0.3, 0.4) is 0 Å². The van der Waals surface area contributed by atoms with E-state index >= 15 is 0 Å². The topological polar surface area (TPSA) is 75.7 Å². The first kappa shape index (κ1) is 21.6. The minimum Gasteiger partial charge on any atom is -0.493 e. The smallest absolute Gasteiger partial charge is 0.341 e. The summed E-state index contributed by atoms with van der Waals surface area (Å²) >= 11 is 0. The molecule has 4 rings (SSSR count). The summed E-state index contributed by atoms with van der Waals surface area (Å²) in [5.74, 6) is 0.822. The summed E-state index contributed by atoms with van der Waals surface area (Å²) in [6.45, 7) is 6.07. The molecule has 6 heteroatoms. The minimum atomic E-state index is -0.647. The largest absolute Gasteiger partial charge is 0.493 e. The summed E-state index contributed by atoms with van der Waals surface area (Å²) in [7, 11) is 3.21. The Morgan fingerprint density at radius 2 is 1.66 bits per heavy atom. The van der Waals surface area contributed by atoms with E-state index in [2.05, 4.69) is 4.57 Å². The number of rotatable bonds is 4. The molecule has 0 fully saturated rings. The molecule has 0 saturated heterocycles. The summed E-state index contributed by atoms with van der Waals surface area (Å²) in [6.07, 6.45) is 2.02. The number of hydrogen-bond donors (Lipinski definition) is 1. The van der Waals surface area contributed by atoms with Crippen LogP contribution in [-0.2, 0) is 16.1 Å². The van der Waals surface area contributed by atoms with Crippen molar-refractivity contribution in [1.82, 2.24) is 4.57 Å². The molecule has 2 N–H and O–H groups in total. The van der Waals surface area contributed by atoms with Gasteiger partial charge in [0, 0.05) is 18.0 Å². The predicted octanol–water partition coefficient (Wildman–Crippen LogP) is 4.77. The Bertz CT molecular complexity index is 1240. The number of nitrogens with zero attached hydrogens (tertiary/aromatic N) is 1. The summed E-state index contributed by atoms with van der Waals surface area (Å²) in [5, 5.41) is 0.945. The zero-order chi connectivity index (χ0) is 23.0. The molecule has 2 aromatic carbocycles. The van der Waals surface area contributed by atoms with E-state index in [-0.39, 0.29) is 0 Å². The fraction of sp³-hybridized carbons (Fsp3) is 0.269. The molecule has 1 aromatic heterocycles. The van der Waals surface area contributed by atoms with Crippen molar-refractivity contribution in [3.05, 3.63) is 71.4 Å². The highest BCUT2D eigenvalue weighted by atomic mass is 16.6. The van der Waals surface area contributed by atoms with E-state index in [0.29, 0.717) is 29.3 Å². The van der Waals surface area contributed by atoms with Crippen molar-refractivity contribution in [2.45, 2.75) is 32.9 Å². The Morgan fingerprint density at radius 1 is 1.00 bits per heavy atom. The molecule has 0 spiro atoms. The maximum Gasteiger partial charge on any atom is 0.341 e. The van der Waals surface area contributed by atoms with E-state index in [1.165, 1.54) is 0 Å². The van der Waals surface area contributed by atoms with Crippen molar-refractivity contribution >= 4 is 28.1 Å². The average molecular weight is 433 g/mol. The molecule has 32 heavy (non-hydrogen) atoms. The van der Waals surface area contributed by atoms with Gasteiger partial charge in [-0.25, -0.2) is 4.79 Å². The number of methoxy groups -OCH3 is 2. The predicted molar refractivity (Wildman–Crippen MR) is 126 cm³/mol. The minimum absolute atomic E-state index is 0.367. The first-order chi connectivity index (χ1) is 15.2. The van der Waals surface area contributed by atoms with E-state index in [1.54, 1.807) is 14.2 Å². The van der Waals surface area contributed by atoms with Crippen molar-refractivity contribution in [2.75, 3.05) is 14.2 Å². The van der Waals surface area contributed by atoms with Crippen LogP contribution in [0.5, 0.6) is 11.5 Å². The fourth-order valence-corrected chi connectivity index (χ4v) is 3.99. The molecule has 1 aliphatic heterocycles. The Balaban J connectivity index is 1.96. The van der Waals surface area contributed by atoms with Crippen molar-refractivity contribution < 1.29 is 19.0 Å². The number of allylic oxidation sites excluding steroid dienone is 1. The highest BCUT2D eigenvalue weighted by Crippen LogP contribution is 2.38. The van der Waals surface area contributed by atoms with Crippen molar-refractivity contribution in [3.8, 4) is 11.5 Å². The Kier molecular flexibility index (Phi) is 5.46. The lowest BCUT2D eigenvalue weighted by atomic mass is 9.95. The van der Waals surface area contributed by atoms with Gasteiger partial charge in [0.1, 0.15) is 5.60 Å². The number of esters is 1. The van der Waals surface area contributed by atoms with Crippen molar-refractivity contribution in [2.24, 2.45) is 5.73 Å². The third-order valence-electron chi connectivity index (χ3n) is 5.39. The summed E-state index contributed by atoms with van der Waals surface area (Å²) in [6, 6.07) is 15.6. The van der Waals surface area contributed by atoms with Gasteiger partial charge in [0.05, 0.1) is 36.7 Å². The lowest BCUT2D eigenvalue weighted by Crippen LogP contribution is -2.26. The van der Waals surface area contributed by atoms with Gasteiger partial charge in [-0.3, -0.25) is 0 Å². The van der Waals surface area contributed by atoms with Crippen LogP contribution in [0.15, 0.2) is 60.2 Å². The van der Waals surface area contributed by atoms with E-state index in [9.17, 15) is 4.79 Å². The van der Waals surface area contributed by atoms with Gasteiger partial charge in [-0.15, -0.1) is 0 Å². The van der Waals surface area contributed by atoms with Gasteiger partial charge in [-0.2, -0.15) is 0 Å². The molecule has 0 unspecified atom stereocenters. The first-order valence-corrected chi connectivity index (χ1v) is 10.5. The number of fused-ring (bicyclic) bond motifs is 3. The van der Waals surface area contributed by atoms with Crippen LogP contribution >= 0.6 is 0 Å². The molecule has 0 radical (unpaired) electrons. The van der Waals surface area contributed by atoms with Gasteiger partial charge >= 0.3 is 5.97 Å². The zero-order valence-electron chi connectivity index (χ0n) is 19.1. The molecular weight excluding hydrogens is 404 g/mol. The second kappa shape index (κ2) is 8.11. The Morgan fingerprint density at radius 3 is 2.28 bits per heavy atom. The molecule has 2 heterocycles. The number of benzene rings is 2. The number of carbonyl (C=O) groups is 1. The van der Waals surface area contributed by atoms with Crippen molar-refractivity contribution in [1.29, 1.82) is 0 Å². The van der Waals surface area contributed by atoms with Crippen LogP contribution in [0.1, 0.15) is 32.0 Å². The van der Waals surface area contributed by atoms with E-state index in [4.69, 9.17) is 19.9 Å². The van der Waals surface area contributed by atoms with Crippen LogP contribution in [0, 0.1) is 0 Å². The lowest BCUT2D eigenvalue weighted by Gasteiger charge is -2.22. The van der Waals surface area contributed by atoms with E-state index in [0.717, 1.165) is 27.7 Å². The third-order valence-corrected chi connectivity index (χ3v) is 5.39. The molecule has 166 valence electrons. The Labute approximate surface area is 187 Å². The zero-order valence-corrected chi connectivity index (χ0v) is 19.1. The van der Waals surface area contributed by atoms with E-state index in [1.807, 2.05) is 75.4 Å². The number of aromatic nitrogens is 1. The molecule has 0 aliphatic carbocycles. The standard InChI is InChI=1S/C26H28N2O4/c1-26(2,3)32-25(29)23-18(16-9-7-6-8-10-16)11-12-28-19-15-22(31-5)21(30-4)14-17(19)13-20(28)24(23)27/h6-11,13-15H,12,27H2,1-5H3. The van der Waals surface area contributed by atoms with Crippen LogP contribution in [0.4, 0.5) is 0 Å². The van der Waals surface area contributed by atoms with Gasteiger partial charge in [0.2, 0.25) is 0 Å². The summed E-state index contributed by atoms with van der Waals surface area (Å²) in [4.78, 5) is 13.3. The third kappa shape index (κ3) is 3.84. The molecule has 0 bridgehead atoms. The van der Waals surface area contributed by atoms with Crippen LogP contribution in [0.2, 0.25) is 0 Å². The van der Waals surface area contributed by atoms with Gasteiger partial charge in [0.15, 0.2) is 11.5 Å². The maximum absolute atomic E-state index is 13.3. The monoisotopic (exact) mass is 432 g/mol. The van der Waals surface area contributed by atoms with Crippen LogP contribution < -0.4 is 15.2 Å². The van der Waals surface area contributed by atoms with Gasteiger partial charge in [-0.05, 0) is 44.0 Å². The highest BCUT2D eigenvalue weighted by molar-refractivity contribution is 6.13. The molecule has 0 saturated carbocycles.